The zero-order valence-electron chi connectivity index (χ0n) is 15.8. The predicted octanol–water partition coefficient (Wildman–Crippen LogP) is 4.04. The molecule has 2 aromatic heterocycles. The van der Waals surface area contributed by atoms with E-state index < -0.39 is 0 Å². The number of nitrogens with zero attached hydrogens (tertiary/aromatic N) is 2. The van der Waals surface area contributed by atoms with Crippen molar-refractivity contribution >= 4 is 39.3 Å². The minimum absolute atomic E-state index is 0.000573. The summed E-state index contributed by atoms with van der Waals surface area (Å²) in [4.78, 5) is 32.1. The first-order chi connectivity index (χ1) is 13.7. The summed E-state index contributed by atoms with van der Waals surface area (Å²) in [5, 5.41) is 1.35. The van der Waals surface area contributed by atoms with E-state index in [1.807, 2.05) is 30.3 Å². The zero-order valence-corrected chi connectivity index (χ0v) is 17.4. The predicted molar refractivity (Wildman–Crippen MR) is 113 cm³/mol. The molecule has 0 amide bonds. The van der Waals surface area contributed by atoms with Crippen molar-refractivity contribution in [2.75, 3.05) is 12.9 Å². The fraction of sp³-hybridized carbons (Fsp3) is 0.381. The van der Waals surface area contributed by atoms with Gasteiger partial charge in [0.05, 0.1) is 24.8 Å². The van der Waals surface area contributed by atoms with Crippen LogP contribution in [0, 0.1) is 0 Å². The zero-order chi connectivity index (χ0) is 19.5. The van der Waals surface area contributed by atoms with E-state index in [0.717, 1.165) is 35.0 Å². The number of carbonyl (C=O) groups is 1. The maximum atomic E-state index is 13.5. The molecular weight excluding hydrogens is 392 g/mol. The third-order valence-electron chi connectivity index (χ3n) is 5.02. The summed E-state index contributed by atoms with van der Waals surface area (Å²) in [6.45, 7) is 0.441. The summed E-state index contributed by atoms with van der Waals surface area (Å²) >= 11 is 2.90. The van der Waals surface area contributed by atoms with Crippen molar-refractivity contribution in [3.05, 3.63) is 56.7 Å². The highest BCUT2D eigenvalue weighted by Crippen LogP contribution is 2.34. The molecule has 146 valence electrons. The number of esters is 1. The van der Waals surface area contributed by atoms with Crippen LogP contribution in [0.25, 0.3) is 10.2 Å². The number of fused-ring (bicyclic) bond motifs is 3. The standard InChI is InChI=1S/C21H22N2O3S2/c1-26-17(24)13-27-21-22-19-18(15-10-6-3-7-11-16(15)28-19)20(25)23(21)12-14-8-4-2-5-9-14/h2,4-5,8-9H,3,6-7,10-13H2,1H3. The van der Waals surface area contributed by atoms with Crippen LogP contribution < -0.4 is 5.56 Å². The van der Waals surface area contributed by atoms with Gasteiger partial charge in [-0.05, 0) is 36.8 Å². The van der Waals surface area contributed by atoms with Crippen LogP contribution in [-0.2, 0) is 28.9 Å². The van der Waals surface area contributed by atoms with Gasteiger partial charge in [0.25, 0.3) is 5.56 Å². The molecule has 0 saturated carbocycles. The van der Waals surface area contributed by atoms with E-state index in [1.54, 1.807) is 15.9 Å². The van der Waals surface area contributed by atoms with Crippen LogP contribution in [0.3, 0.4) is 0 Å². The minimum Gasteiger partial charge on any atom is -0.468 e. The second-order valence-corrected chi connectivity index (χ2v) is 8.91. The molecule has 0 bridgehead atoms. The molecule has 5 nitrogen and oxygen atoms in total. The molecule has 0 atom stereocenters. The van der Waals surface area contributed by atoms with Crippen LogP contribution >= 0.6 is 23.1 Å². The number of aryl methyl sites for hydroxylation is 2. The Morgan fingerprint density at radius 1 is 1.21 bits per heavy atom. The highest BCUT2D eigenvalue weighted by atomic mass is 32.2. The summed E-state index contributed by atoms with van der Waals surface area (Å²) in [7, 11) is 1.37. The van der Waals surface area contributed by atoms with Gasteiger partial charge in [0.1, 0.15) is 4.83 Å². The average molecular weight is 415 g/mol. The number of aromatic nitrogens is 2. The number of benzene rings is 1. The van der Waals surface area contributed by atoms with E-state index in [-0.39, 0.29) is 17.3 Å². The maximum Gasteiger partial charge on any atom is 0.316 e. The Morgan fingerprint density at radius 2 is 2.00 bits per heavy atom. The number of methoxy groups -OCH3 is 1. The minimum atomic E-state index is -0.326. The Balaban J connectivity index is 1.83. The van der Waals surface area contributed by atoms with E-state index in [9.17, 15) is 9.59 Å². The van der Waals surface area contributed by atoms with Crippen molar-refractivity contribution in [2.45, 2.75) is 43.8 Å². The SMILES string of the molecule is COC(=O)CSc1nc2sc3c(c2c(=O)n1Cc1ccccc1)CCCCC3. The Hall–Kier alpha value is -2.12. The lowest BCUT2D eigenvalue weighted by Gasteiger charge is -2.12. The molecule has 0 aliphatic heterocycles. The summed E-state index contributed by atoms with van der Waals surface area (Å²) in [5.74, 6) is -0.193. The van der Waals surface area contributed by atoms with Gasteiger partial charge in [-0.1, -0.05) is 48.5 Å². The van der Waals surface area contributed by atoms with E-state index in [0.29, 0.717) is 11.7 Å². The molecule has 28 heavy (non-hydrogen) atoms. The molecule has 0 fully saturated rings. The van der Waals surface area contributed by atoms with Crippen molar-refractivity contribution in [3.8, 4) is 0 Å². The first-order valence-electron chi connectivity index (χ1n) is 9.46. The third kappa shape index (κ3) is 3.86. The molecule has 0 unspecified atom stereocenters. The number of rotatable bonds is 5. The molecule has 1 aliphatic rings. The normalized spacial score (nSPS) is 13.9. The van der Waals surface area contributed by atoms with Crippen molar-refractivity contribution in [1.82, 2.24) is 9.55 Å². The number of hydrogen-bond donors (Lipinski definition) is 0. The van der Waals surface area contributed by atoms with Gasteiger partial charge in [0, 0.05) is 4.88 Å². The fourth-order valence-corrected chi connectivity index (χ4v) is 5.73. The van der Waals surface area contributed by atoms with E-state index >= 15 is 0 Å². The van der Waals surface area contributed by atoms with Gasteiger partial charge in [-0.15, -0.1) is 11.3 Å². The topological polar surface area (TPSA) is 61.2 Å². The van der Waals surface area contributed by atoms with Gasteiger partial charge in [0.2, 0.25) is 0 Å². The molecule has 2 heterocycles. The number of carbonyl (C=O) groups excluding carboxylic acids is 1. The lowest BCUT2D eigenvalue weighted by atomic mass is 10.1. The van der Waals surface area contributed by atoms with E-state index in [1.165, 1.54) is 42.2 Å². The van der Waals surface area contributed by atoms with E-state index in [2.05, 4.69) is 0 Å². The van der Waals surface area contributed by atoms with Gasteiger partial charge < -0.3 is 4.74 Å². The Labute approximate surface area is 171 Å². The van der Waals surface area contributed by atoms with Crippen molar-refractivity contribution in [2.24, 2.45) is 0 Å². The smallest absolute Gasteiger partial charge is 0.316 e. The quantitative estimate of drug-likeness (QED) is 0.273. The fourth-order valence-electron chi connectivity index (χ4n) is 3.59. The Kier molecular flexibility index (Phi) is 5.82. The molecule has 0 radical (unpaired) electrons. The van der Waals surface area contributed by atoms with Crippen LogP contribution in [0.5, 0.6) is 0 Å². The first kappa shape index (κ1) is 19.2. The molecule has 3 aromatic rings. The molecule has 1 aliphatic carbocycles. The highest BCUT2D eigenvalue weighted by Gasteiger charge is 2.22. The average Bonchev–Trinajstić information content (AvgIpc) is 2.90. The number of ether oxygens (including phenoxy) is 1. The van der Waals surface area contributed by atoms with Crippen LogP contribution in [0.2, 0.25) is 0 Å². The second kappa shape index (κ2) is 8.49. The van der Waals surface area contributed by atoms with Crippen LogP contribution in [-0.4, -0.2) is 28.4 Å². The third-order valence-corrected chi connectivity index (χ3v) is 7.16. The maximum absolute atomic E-state index is 13.5. The van der Waals surface area contributed by atoms with Crippen LogP contribution in [0.4, 0.5) is 0 Å². The van der Waals surface area contributed by atoms with Crippen LogP contribution in [0.15, 0.2) is 40.3 Å². The molecule has 1 aromatic carbocycles. The summed E-state index contributed by atoms with van der Waals surface area (Å²) in [5.41, 5.74) is 2.23. The van der Waals surface area contributed by atoms with E-state index in [4.69, 9.17) is 9.72 Å². The second-order valence-electron chi connectivity index (χ2n) is 6.88. The molecule has 0 saturated heterocycles. The number of thioether (sulfide) groups is 1. The molecule has 4 rings (SSSR count). The highest BCUT2D eigenvalue weighted by molar-refractivity contribution is 7.99. The van der Waals surface area contributed by atoms with Crippen molar-refractivity contribution < 1.29 is 9.53 Å². The molecule has 7 heteroatoms. The lowest BCUT2D eigenvalue weighted by Crippen LogP contribution is -2.24. The first-order valence-corrected chi connectivity index (χ1v) is 11.3. The summed E-state index contributed by atoms with van der Waals surface area (Å²) in [6, 6.07) is 9.88. The van der Waals surface area contributed by atoms with Crippen molar-refractivity contribution in [1.29, 1.82) is 0 Å². The number of thiophene rings is 1. The Bertz CT molecular complexity index is 1060. The summed E-state index contributed by atoms with van der Waals surface area (Å²) in [6.07, 6.45) is 5.48. The van der Waals surface area contributed by atoms with Gasteiger partial charge in [-0.2, -0.15) is 0 Å². The van der Waals surface area contributed by atoms with Gasteiger partial charge in [-0.3, -0.25) is 14.2 Å². The van der Waals surface area contributed by atoms with Crippen molar-refractivity contribution in [3.63, 3.8) is 0 Å². The van der Waals surface area contributed by atoms with Crippen LogP contribution in [0.1, 0.15) is 35.3 Å². The molecular formula is C21H22N2O3S2. The largest absolute Gasteiger partial charge is 0.468 e. The van der Waals surface area contributed by atoms with Gasteiger partial charge in [-0.25, -0.2) is 4.98 Å². The van der Waals surface area contributed by atoms with Gasteiger partial charge >= 0.3 is 5.97 Å². The monoisotopic (exact) mass is 414 g/mol. The Morgan fingerprint density at radius 3 is 2.79 bits per heavy atom. The summed E-state index contributed by atoms with van der Waals surface area (Å²) < 4.78 is 6.47. The molecule has 0 N–H and O–H groups in total. The number of hydrogen-bond acceptors (Lipinski definition) is 6. The lowest BCUT2D eigenvalue weighted by molar-refractivity contribution is -0.137. The van der Waals surface area contributed by atoms with Gasteiger partial charge in [0.15, 0.2) is 5.16 Å². The molecule has 0 spiro atoms.